The number of hydrogen-bond acceptors (Lipinski definition) is 4. The Kier molecular flexibility index (Phi) is 2.84. The van der Waals surface area contributed by atoms with Gasteiger partial charge in [-0.25, -0.2) is 0 Å². The van der Waals surface area contributed by atoms with Gasteiger partial charge in [0.1, 0.15) is 6.42 Å². The Balaban J connectivity index is 4.15. The average Bonchev–Trinajstić information content (AvgIpc) is 1.81. The fourth-order valence-electron chi connectivity index (χ4n) is 0.331. The van der Waals surface area contributed by atoms with E-state index in [2.05, 4.69) is 6.42 Å². The minimum atomic E-state index is -1.86. The summed E-state index contributed by atoms with van der Waals surface area (Å²) in [5, 5.41) is 19.6. The van der Waals surface area contributed by atoms with Crippen LogP contribution >= 0.6 is 0 Å². The van der Waals surface area contributed by atoms with Gasteiger partial charge in [-0.05, 0) is 0 Å². The maximum atomic E-state index is 9.80. The average molecular weight is 144 g/mol. The summed E-state index contributed by atoms with van der Waals surface area (Å²) in [4.78, 5) is 17.6. The molecule has 0 aromatic rings. The van der Waals surface area contributed by atoms with Gasteiger partial charge in [0.2, 0.25) is 0 Å². The van der Waals surface area contributed by atoms with E-state index >= 15 is 0 Å². The Morgan fingerprint density at radius 2 is 1.80 bits per heavy atom. The van der Waals surface area contributed by atoms with Crippen molar-refractivity contribution < 1.29 is 9.85 Å². The van der Waals surface area contributed by atoms with Gasteiger partial charge in [-0.15, -0.1) is 6.42 Å². The molecule has 6 nitrogen and oxygen atoms in total. The molecule has 0 aromatic carbocycles. The van der Waals surface area contributed by atoms with Gasteiger partial charge in [0.25, 0.3) is 0 Å². The standard InChI is InChI=1S/C4H4N2O4/c1-2-3-4(5(7)8)6(9)10/h1,4H,3H2. The summed E-state index contributed by atoms with van der Waals surface area (Å²) in [6, 6.07) is 0. The zero-order chi connectivity index (χ0) is 8.15. The quantitative estimate of drug-likeness (QED) is 0.239. The van der Waals surface area contributed by atoms with E-state index in [-0.39, 0.29) is 0 Å². The molecule has 0 amide bonds. The van der Waals surface area contributed by atoms with Crippen LogP contribution in [0, 0.1) is 32.6 Å². The van der Waals surface area contributed by atoms with Crippen LogP contribution in [0.5, 0.6) is 0 Å². The van der Waals surface area contributed by atoms with Crippen LogP contribution in [0.25, 0.3) is 0 Å². The minimum Gasteiger partial charge on any atom is -0.259 e. The van der Waals surface area contributed by atoms with Gasteiger partial charge in [0, 0.05) is 0 Å². The van der Waals surface area contributed by atoms with Crippen molar-refractivity contribution >= 4 is 0 Å². The smallest absolute Gasteiger partial charge is 0.259 e. The SMILES string of the molecule is C#CCC([N+](=O)[O-])[N+](=O)[O-]. The third-order valence-corrected chi connectivity index (χ3v) is 0.787. The van der Waals surface area contributed by atoms with Crippen LogP contribution in [0.15, 0.2) is 0 Å². The lowest BCUT2D eigenvalue weighted by molar-refractivity contribution is -0.740. The van der Waals surface area contributed by atoms with Crippen LogP contribution in [0.2, 0.25) is 0 Å². The van der Waals surface area contributed by atoms with E-state index in [1.54, 1.807) is 0 Å². The van der Waals surface area contributed by atoms with E-state index in [9.17, 15) is 20.2 Å². The van der Waals surface area contributed by atoms with E-state index in [1.165, 1.54) is 0 Å². The molecule has 0 heterocycles. The molecular formula is C4H4N2O4. The Morgan fingerprint density at radius 3 is 1.90 bits per heavy atom. The fraction of sp³-hybridized carbons (Fsp3) is 0.500. The highest BCUT2D eigenvalue weighted by Gasteiger charge is 2.30. The molecule has 0 aliphatic heterocycles. The van der Waals surface area contributed by atoms with Crippen LogP contribution < -0.4 is 0 Å². The Hall–Kier alpha value is -1.64. The predicted molar refractivity (Wildman–Crippen MR) is 31.2 cm³/mol. The number of hydrogen-bond donors (Lipinski definition) is 0. The van der Waals surface area contributed by atoms with Gasteiger partial charge >= 0.3 is 6.17 Å². The second kappa shape index (κ2) is 3.40. The Bertz CT molecular complexity index is 180. The Labute approximate surface area is 56.1 Å². The fourth-order valence-corrected chi connectivity index (χ4v) is 0.331. The summed E-state index contributed by atoms with van der Waals surface area (Å²) in [7, 11) is 0. The van der Waals surface area contributed by atoms with E-state index in [1.807, 2.05) is 5.92 Å². The first-order valence-corrected chi connectivity index (χ1v) is 2.30. The molecule has 0 radical (unpaired) electrons. The number of rotatable bonds is 3. The summed E-state index contributed by atoms with van der Waals surface area (Å²) >= 11 is 0. The van der Waals surface area contributed by atoms with E-state index < -0.39 is 22.4 Å². The zero-order valence-corrected chi connectivity index (χ0v) is 4.89. The van der Waals surface area contributed by atoms with E-state index in [0.29, 0.717) is 0 Å². The molecule has 0 N–H and O–H groups in total. The van der Waals surface area contributed by atoms with Gasteiger partial charge in [-0.3, -0.25) is 20.2 Å². The molecule has 0 fully saturated rings. The van der Waals surface area contributed by atoms with Gasteiger partial charge in [0.15, 0.2) is 0 Å². The van der Waals surface area contributed by atoms with Crippen molar-refractivity contribution in [2.24, 2.45) is 0 Å². The molecule has 54 valence electrons. The van der Waals surface area contributed by atoms with Crippen molar-refractivity contribution in [1.29, 1.82) is 0 Å². The number of nitrogens with zero attached hydrogens (tertiary/aromatic N) is 2. The lowest BCUT2D eigenvalue weighted by Gasteiger charge is -1.94. The molecule has 6 heteroatoms. The van der Waals surface area contributed by atoms with Crippen molar-refractivity contribution in [2.75, 3.05) is 0 Å². The lowest BCUT2D eigenvalue weighted by atomic mass is 10.4. The highest BCUT2D eigenvalue weighted by atomic mass is 16.7. The largest absolute Gasteiger partial charge is 0.461 e. The highest BCUT2D eigenvalue weighted by Crippen LogP contribution is 1.95. The Morgan fingerprint density at radius 1 is 1.40 bits per heavy atom. The normalized spacial score (nSPS) is 8.80. The topological polar surface area (TPSA) is 86.3 Å². The zero-order valence-electron chi connectivity index (χ0n) is 4.89. The lowest BCUT2D eigenvalue weighted by Crippen LogP contribution is -2.27. The van der Waals surface area contributed by atoms with Gasteiger partial charge < -0.3 is 0 Å². The van der Waals surface area contributed by atoms with Gasteiger partial charge in [-0.1, -0.05) is 5.92 Å². The maximum absolute atomic E-state index is 9.80. The molecule has 0 aromatic heterocycles. The van der Waals surface area contributed by atoms with Crippen LogP contribution in [0.4, 0.5) is 0 Å². The first-order valence-electron chi connectivity index (χ1n) is 2.30. The summed E-state index contributed by atoms with van der Waals surface area (Å²) in [5.74, 6) is 1.85. The first-order chi connectivity index (χ1) is 4.59. The highest BCUT2D eigenvalue weighted by molar-refractivity contribution is 4.84. The third-order valence-electron chi connectivity index (χ3n) is 0.787. The van der Waals surface area contributed by atoms with Gasteiger partial charge in [0.05, 0.1) is 9.85 Å². The second-order valence-electron chi connectivity index (χ2n) is 1.46. The summed E-state index contributed by atoms with van der Waals surface area (Å²) in [6.45, 7) is 0. The van der Waals surface area contributed by atoms with Crippen molar-refractivity contribution in [3.8, 4) is 12.3 Å². The van der Waals surface area contributed by atoms with E-state index in [0.717, 1.165) is 0 Å². The van der Waals surface area contributed by atoms with Gasteiger partial charge in [-0.2, -0.15) is 0 Å². The molecule has 10 heavy (non-hydrogen) atoms. The van der Waals surface area contributed by atoms with E-state index in [4.69, 9.17) is 0 Å². The molecule has 0 atom stereocenters. The van der Waals surface area contributed by atoms with Crippen LogP contribution in [-0.2, 0) is 0 Å². The van der Waals surface area contributed by atoms with Crippen LogP contribution in [0.1, 0.15) is 6.42 Å². The third kappa shape index (κ3) is 2.09. The first kappa shape index (κ1) is 8.36. The second-order valence-corrected chi connectivity index (χ2v) is 1.46. The monoisotopic (exact) mass is 144 g/mol. The molecule has 0 aliphatic carbocycles. The minimum absolute atomic E-state index is 0.472. The number of nitro groups is 2. The predicted octanol–water partition coefficient (Wildman–Crippen LogP) is -0.111. The summed E-state index contributed by atoms with van der Waals surface area (Å²) in [6.07, 6.45) is 2.32. The molecule has 0 unspecified atom stereocenters. The summed E-state index contributed by atoms with van der Waals surface area (Å²) < 4.78 is 0. The summed E-state index contributed by atoms with van der Waals surface area (Å²) in [5.41, 5.74) is 0. The molecule has 0 rings (SSSR count). The molecule has 0 saturated heterocycles. The van der Waals surface area contributed by atoms with Crippen LogP contribution in [-0.4, -0.2) is 16.0 Å². The van der Waals surface area contributed by atoms with Crippen molar-refractivity contribution in [3.05, 3.63) is 20.2 Å². The molecule has 0 bridgehead atoms. The molecule has 0 aliphatic rings. The molecule has 0 spiro atoms. The maximum Gasteiger partial charge on any atom is 0.461 e. The van der Waals surface area contributed by atoms with Crippen LogP contribution in [0.3, 0.4) is 0 Å². The number of terminal acetylenes is 1. The molecular weight excluding hydrogens is 140 g/mol. The van der Waals surface area contributed by atoms with Crippen molar-refractivity contribution in [1.82, 2.24) is 0 Å². The van der Waals surface area contributed by atoms with Crippen molar-refractivity contribution in [3.63, 3.8) is 0 Å². The molecule has 0 saturated carbocycles. The van der Waals surface area contributed by atoms with Crippen molar-refractivity contribution in [2.45, 2.75) is 12.6 Å².